The van der Waals surface area contributed by atoms with E-state index < -0.39 is 0 Å². The van der Waals surface area contributed by atoms with Crippen LogP contribution in [-0.4, -0.2) is 35.7 Å². The van der Waals surface area contributed by atoms with Crippen molar-refractivity contribution in [2.24, 2.45) is 0 Å². The van der Waals surface area contributed by atoms with Crippen LogP contribution in [0.5, 0.6) is 0 Å². The smallest absolute Gasteiger partial charge is 0.0848 e. The fraction of sp³-hybridized carbons (Fsp3) is 0.333. The van der Waals surface area contributed by atoms with E-state index in [4.69, 9.17) is 0 Å². The standard InChI is InChI=1S/C12H17NO/c1-3-6-11(4-2)9-13-8-5-7-12(14)10-13/h3-7,12,14H,1-2,8-10H2/b11-6+. The summed E-state index contributed by atoms with van der Waals surface area (Å²) in [7, 11) is 0. The molecule has 0 fully saturated rings. The molecule has 1 atom stereocenters. The van der Waals surface area contributed by atoms with Crippen molar-refractivity contribution in [3.8, 4) is 0 Å². The van der Waals surface area contributed by atoms with Gasteiger partial charge in [-0.05, 0) is 5.57 Å². The summed E-state index contributed by atoms with van der Waals surface area (Å²) < 4.78 is 0. The number of hydrogen-bond acceptors (Lipinski definition) is 2. The van der Waals surface area contributed by atoms with Crippen molar-refractivity contribution in [1.29, 1.82) is 0 Å². The number of allylic oxidation sites excluding steroid dienone is 2. The third-order valence-electron chi connectivity index (χ3n) is 2.17. The Morgan fingerprint density at radius 2 is 2.36 bits per heavy atom. The van der Waals surface area contributed by atoms with Crippen LogP contribution in [0.2, 0.25) is 0 Å². The van der Waals surface area contributed by atoms with Crippen LogP contribution in [-0.2, 0) is 0 Å². The molecule has 2 heteroatoms. The fourth-order valence-corrected chi connectivity index (χ4v) is 1.49. The monoisotopic (exact) mass is 191 g/mol. The number of aliphatic hydroxyl groups is 1. The van der Waals surface area contributed by atoms with Crippen LogP contribution in [0.1, 0.15) is 0 Å². The van der Waals surface area contributed by atoms with Gasteiger partial charge in [0.2, 0.25) is 0 Å². The van der Waals surface area contributed by atoms with Gasteiger partial charge in [-0.25, -0.2) is 0 Å². The number of β-amino-alcohol motifs (C(OH)–C–C–N with tert-alkyl or cyclic N) is 1. The summed E-state index contributed by atoms with van der Waals surface area (Å²) in [5.74, 6) is 0. The Balaban J connectivity index is 2.51. The van der Waals surface area contributed by atoms with Gasteiger partial charge < -0.3 is 5.11 Å². The van der Waals surface area contributed by atoms with Crippen LogP contribution in [0.15, 0.2) is 49.1 Å². The normalized spacial score (nSPS) is 23.5. The minimum atomic E-state index is -0.335. The third-order valence-corrected chi connectivity index (χ3v) is 2.17. The van der Waals surface area contributed by atoms with Crippen LogP contribution < -0.4 is 0 Å². The molecule has 0 saturated carbocycles. The molecular formula is C12H17NO. The van der Waals surface area contributed by atoms with Crippen molar-refractivity contribution in [2.75, 3.05) is 19.6 Å². The molecule has 76 valence electrons. The third kappa shape index (κ3) is 3.32. The van der Waals surface area contributed by atoms with E-state index in [9.17, 15) is 5.11 Å². The minimum absolute atomic E-state index is 0.335. The highest BCUT2D eigenvalue weighted by molar-refractivity contribution is 5.23. The van der Waals surface area contributed by atoms with Crippen molar-refractivity contribution in [3.05, 3.63) is 49.1 Å². The maximum atomic E-state index is 9.40. The van der Waals surface area contributed by atoms with E-state index in [2.05, 4.69) is 18.1 Å². The predicted octanol–water partition coefficient (Wildman–Crippen LogP) is 1.52. The Morgan fingerprint density at radius 1 is 1.57 bits per heavy atom. The number of aliphatic hydroxyl groups excluding tert-OH is 1. The molecular weight excluding hydrogens is 174 g/mol. The predicted molar refractivity (Wildman–Crippen MR) is 60.1 cm³/mol. The van der Waals surface area contributed by atoms with Crippen molar-refractivity contribution in [2.45, 2.75) is 6.10 Å². The fourth-order valence-electron chi connectivity index (χ4n) is 1.49. The van der Waals surface area contributed by atoms with Crippen LogP contribution in [0.3, 0.4) is 0 Å². The molecule has 1 unspecified atom stereocenters. The Hall–Kier alpha value is -1.12. The summed E-state index contributed by atoms with van der Waals surface area (Å²) in [6, 6.07) is 0. The van der Waals surface area contributed by atoms with Gasteiger partial charge in [0.25, 0.3) is 0 Å². The Bertz CT molecular complexity index is 265. The highest BCUT2D eigenvalue weighted by Crippen LogP contribution is 2.06. The second kappa shape index (κ2) is 5.58. The first-order valence-corrected chi connectivity index (χ1v) is 4.77. The van der Waals surface area contributed by atoms with E-state index in [1.165, 1.54) is 0 Å². The van der Waals surface area contributed by atoms with Crippen LogP contribution >= 0.6 is 0 Å². The van der Waals surface area contributed by atoms with E-state index in [1.807, 2.05) is 24.3 Å². The van der Waals surface area contributed by atoms with E-state index in [0.29, 0.717) is 6.54 Å². The molecule has 0 spiro atoms. The zero-order valence-corrected chi connectivity index (χ0v) is 8.39. The van der Waals surface area contributed by atoms with E-state index in [-0.39, 0.29) is 6.10 Å². The van der Waals surface area contributed by atoms with Crippen LogP contribution in [0.25, 0.3) is 0 Å². The molecule has 2 nitrogen and oxygen atoms in total. The average molecular weight is 191 g/mol. The molecule has 0 bridgehead atoms. The lowest BCUT2D eigenvalue weighted by molar-refractivity contribution is 0.151. The zero-order chi connectivity index (χ0) is 10.4. The molecule has 1 N–H and O–H groups in total. The highest BCUT2D eigenvalue weighted by atomic mass is 16.3. The van der Waals surface area contributed by atoms with Gasteiger partial charge in [-0.15, -0.1) is 0 Å². The first kappa shape index (κ1) is 11.0. The number of rotatable bonds is 4. The first-order valence-electron chi connectivity index (χ1n) is 4.77. The molecule has 0 aliphatic carbocycles. The highest BCUT2D eigenvalue weighted by Gasteiger charge is 2.12. The molecule has 0 radical (unpaired) electrons. The second-order valence-electron chi connectivity index (χ2n) is 3.37. The molecule has 0 saturated heterocycles. The van der Waals surface area contributed by atoms with Crippen molar-refractivity contribution in [1.82, 2.24) is 4.90 Å². The SMILES string of the molecule is C=C/C=C(\C=C)CN1CC=CC(O)C1. The summed E-state index contributed by atoms with van der Waals surface area (Å²) in [6.45, 7) is 9.79. The van der Waals surface area contributed by atoms with Crippen molar-refractivity contribution >= 4 is 0 Å². The van der Waals surface area contributed by atoms with Gasteiger partial charge in [0.1, 0.15) is 0 Å². The number of hydrogen-bond donors (Lipinski definition) is 1. The molecule has 1 aliphatic heterocycles. The Labute approximate surface area is 85.5 Å². The van der Waals surface area contributed by atoms with Gasteiger partial charge in [-0.2, -0.15) is 0 Å². The summed E-state index contributed by atoms with van der Waals surface area (Å²) >= 11 is 0. The van der Waals surface area contributed by atoms with Gasteiger partial charge in [0, 0.05) is 19.6 Å². The summed E-state index contributed by atoms with van der Waals surface area (Å²) in [5, 5.41) is 9.40. The lowest BCUT2D eigenvalue weighted by atomic mass is 10.1. The van der Waals surface area contributed by atoms with Crippen molar-refractivity contribution in [3.63, 3.8) is 0 Å². The topological polar surface area (TPSA) is 23.5 Å². The Morgan fingerprint density at radius 3 is 2.93 bits per heavy atom. The van der Waals surface area contributed by atoms with Crippen LogP contribution in [0, 0.1) is 0 Å². The maximum absolute atomic E-state index is 9.40. The summed E-state index contributed by atoms with van der Waals surface area (Å²) in [5.41, 5.74) is 1.13. The molecule has 1 rings (SSSR count). The molecule has 14 heavy (non-hydrogen) atoms. The molecule has 0 aromatic carbocycles. The maximum Gasteiger partial charge on any atom is 0.0848 e. The van der Waals surface area contributed by atoms with Gasteiger partial charge >= 0.3 is 0 Å². The average Bonchev–Trinajstić information content (AvgIpc) is 2.17. The van der Waals surface area contributed by atoms with Gasteiger partial charge in [0.05, 0.1) is 6.10 Å². The van der Waals surface area contributed by atoms with E-state index in [0.717, 1.165) is 18.7 Å². The van der Waals surface area contributed by atoms with Gasteiger partial charge in [-0.1, -0.05) is 43.5 Å². The molecule has 0 amide bonds. The molecule has 0 aromatic rings. The minimum Gasteiger partial charge on any atom is -0.388 e. The molecule has 0 aromatic heterocycles. The van der Waals surface area contributed by atoms with Gasteiger partial charge in [0.15, 0.2) is 0 Å². The molecule has 1 aliphatic rings. The zero-order valence-electron chi connectivity index (χ0n) is 8.39. The van der Waals surface area contributed by atoms with Gasteiger partial charge in [-0.3, -0.25) is 4.90 Å². The number of nitrogens with zero attached hydrogens (tertiary/aromatic N) is 1. The lowest BCUT2D eigenvalue weighted by Gasteiger charge is -2.26. The van der Waals surface area contributed by atoms with Crippen molar-refractivity contribution < 1.29 is 5.11 Å². The first-order chi connectivity index (χ1) is 6.76. The lowest BCUT2D eigenvalue weighted by Crippen LogP contribution is -2.36. The quantitative estimate of drug-likeness (QED) is 0.538. The largest absolute Gasteiger partial charge is 0.388 e. The van der Waals surface area contributed by atoms with E-state index >= 15 is 0 Å². The summed E-state index contributed by atoms with van der Waals surface area (Å²) in [6.07, 6.45) is 9.01. The summed E-state index contributed by atoms with van der Waals surface area (Å²) in [4.78, 5) is 2.17. The van der Waals surface area contributed by atoms with E-state index in [1.54, 1.807) is 6.08 Å². The Kier molecular flexibility index (Phi) is 4.36. The van der Waals surface area contributed by atoms with Crippen LogP contribution in [0.4, 0.5) is 0 Å². The second-order valence-corrected chi connectivity index (χ2v) is 3.37. The molecule has 1 heterocycles.